The molecule has 0 N–H and O–H groups in total. The number of rotatable bonds is 2. The van der Waals surface area contributed by atoms with E-state index >= 15 is 0 Å². The van der Waals surface area contributed by atoms with Crippen LogP contribution in [0, 0.1) is 13.8 Å². The summed E-state index contributed by atoms with van der Waals surface area (Å²) >= 11 is 0. The maximum atomic E-state index is 6.36. The highest BCUT2D eigenvalue weighted by Crippen LogP contribution is 2.40. The van der Waals surface area contributed by atoms with Crippen LogP contribution in [0.25, 0.3) is 43.4 Å². The molecule has 1 aliphatic rings. The molecule has 1 heterocycles. The second kappa shape index (κ2) is 7.68. The molecular formula is C32H31BO2. The summed E-state index contributed by atoms with van der Waals surface area (Å²) in [6.07, 6.45) is 0. The summed E-state index contributed by atoms with van der Waals surface area (Å²) < 4.78 is 12.7. The van der Waals surface area contributed by atoms with E-state index < -0.39 is 0 Å². The molecule has 0 radical (unpaired) electrons. The van der Waals surface area contributed by atoms with Gasteiger partial charge < -0.3 is 9.31 Å². The molecule has 0 spiro atoms. The molecule has 0 atom stereocenters. The number of hydrogen-bond donors (Lipinski definition) is 0. The molecule has 1 saturated heterocycles. The van der Waals surface area contributed by atoms with Crippen molar-refractivity contribution in [3.63, 3.8) is 0 Å². The van der Waals surface area contributed by atoms with Crippen LogP contribution in [0.3, 0.4) is 0 Å². The fourth-order valence-electron chi connectivity index (χ4n) is 5.41. The summed E-state index contributed by atoms with van der Waals surface area (Å²) in [5, 5.41) is 7.80. The first kappa shape index (κ1) is 22.3. The average molecular weight is 458 g/mol. The molecule has 0 aliphatic carbocycles. The van der Waals surface area contributed by atoms with Crippen LogP contribution in [-0.2, 0) is 9.31 Å². The van der Waals surface area contributed by atoms with Crippen molar-refractivity contribution < 1.29 is 9.31 Å². The Morgan fingerprint density at radius 3 is 1.51 bits per heavy atom. The maximum Gasteiger partial charge on any atom is 0.494 e. The van der Waals surface area contributed by atoms with E-state index in [2.05, 4.69) is 120 Å². The molecule has 5 aromatic carbocycles. The Bertz CT molecular complexity index is 1610. The first-order chi connectivity index (χ1) is 16.7. The van der Waals surface area contributed by atoms with Crippen molar-refractivity contribution in [1.82, 2.24) is 0 Å². The molecule has 0 bridgehead atoms. The van der Waals surface area contributed by atoms with Gasteiger partial charge >= 0.3 is 7.12 Å². The zero-order valence-corrected chi connectivity index (χ0v) is 21.4. The fourth-order valence-corrected chi connectivity index (χ4v) is 5.41. The Morgan fingerprint density at radius 2 is 0.971 bits per heavy atom. The van der Waals surface area contributed by atoms with Gasteiger partial charge in [-0.25, -0.2) is 0 Å². The van der Waals surface area contributed by atoms with E-state index in [0.717, 1.165) is 5.46 Å². The van der Waals surface area contributed by atoms with Crippen LogP contribution in [0.2, 0.25) is 0 Å². The fraction of sp³-hybridized carbons (Fsp3) is 0.250. The van der Waals surface area contributed by atoms with Crippen LogP contribution in [0.5, 0.6) is 0 Å². The second-order valence-electron chi connectivity index (χ2n) is 11.0. The lowest BCUT2D eigenvalue weighted by Crippen LogP contribution is -2.41. The van der Waals surface area contributed by atoms with Gasteiger partial charge in [-0.15, -0.1) is 0 Å². The molecule has 3 heteroatoms. The molecule has 1 fully saturated rings. The normalized spacial score (nSPS) is 17.0. The van der Waals surface area contributed by atoms with Gasteiger partial charge in [0.15, 0.2) is 0 Å². The summed E-state index contributed by atoms with van der Waals surface area (Å²) in [5.74, 6) is 0. The third kappa shape index (κ3) is 3.41. The predicted molar refractivity (Wildman–Crippen MR) is 150 cm³/mol. The summed E-state index contributed by atoms with van der Waals surface area (Å²) in [5.41, 5.74) is 5.35. The van der Waals surface area contributed by atoms with E-state index in [9.17, 15) is 0 Å². The maximum absolute atomic E-state index is 6.36. The molecule has 6 rings (SSSR count). The first-order valence-corrected chi connectivity index (χ1v) is 12.5. The first-order valence-electron chi connectivity index (χ1n) is 12.5. The van der Waals surface area contributed by atoms with E-state index in [4.69, 9.17) is 9.31 Å². The highest BCUT2D eigenvalue weighted by molar-refractivity contribution is 6.62. The largest absolute Gasteiger partial charge is 0.494 e. The molecule has 0 saturated carbocycles. The molecule has 0 aromatic heterocycles. The third-order valence-corrected chi connectivity index (χ3v) is 8.17. The summed E-state index contributed by atoms with van der Waals surface area (Å²) in [6.45, 7) is 12.8. The lowest BCUT2D eigenvalue weighted by molar-refractivity contribution is 0.00578. The lowest BCUT2D eigenvalue weighted by atomic mass is 9.76. The predicted octanol–water partition coefficient (Wildman–Crippen LogP) is 7.73. The highest BCUT2D eigenvalue weighted by Gasteiger charge is 2.51. The molecule has 35 heavy (non-hydrogen) atoms. The average Bonchev–Trinajstić information content (AvgIpc) is 3.06. The molecule has 1 aliphatic heterocycles. The van der Waals surface area contributed by atoms with E-state index in [-0.39, 0.29) is 18.3 Å². The van der Waals surface area contributed by atoms with Crippen molar-refractivity contribution >= 4 is 44.9 Å². The quantitative estimate of drug-likeness (QED) is 0.199. The Balaban J connectivity index is 1.57. The van der Waals surface area contributed by atoms with Crippen molar-refractivity contribution in [3.8, 4) is 11.1 Å². The minimum atomic E-state index is -0.370. The van der Waals surface area contributed by atoms with Gasteiger partial charge in [-0.05, 0) is 108 Å². The van der Waals surface area contributed by atoms with Gasteiger partial charge in [0.05, 0.1) is 11.2 Å². The van der Waals surface area contributed by atoms with E-state index in [1.54, 1.807) is 0 Å². The molecule has 2 nitrogen and oxygen atoms in total. The van der Waals surface area contributed by atoms with Gasteiger partial charge in [-0.2, -0.15) is 0 Å². The van der Waals surface area contributed by atoms with E-state index in [1.165, 1.54) is 54.6 Å². The van der Waals surface area contributed by atoms with Crippen molar-refractivity contribution in [3.05, 3.63) is 90.0 Å². The standard InChI is InChI=1S/C32H31BO2/c1-20-15-16-22(33-34-31(3,4)32(5,6)35-33)18-27(20)28-19-30-26-14-10-8-12-24(26)23-11-7-9-13-25(23)29(30)17-21(28)2/h7-19H,1-6H3. The van der Waals surface area contributed by atoms with Crippen LogP contribution >= 0.6 is 0 Å². The van der Waals surface area contributed by atoms with Crippen LogP contribution in [-0.4, -0.2) is 18.3 Å². The molecule has 5 aromatic rings. The van der Waals surface area contributed by atoms with Crippen LogP contribution in [0.1, 0.15) is 38.8 Å². The minimum Gasteiger partial charge on any atom is -0.399 e. The number of fused-ring (bicyclic) bond motifs is 6. The zero-order valence-electron chi connectivity index (χ0n) is 21.4. The molecule has 174 valence electrons. The Labute approximate surface area is 208 Å². The smallest absolute Gasteiger partial charge is 0.399 e. The van der Waals surface area contributed by atoms with Gasteiger partial charge in [0.25, 0.3) is 0 Å². The lowest BCUT2D eigenvalue weighted by Gasteiger charge is -2.32. The summed E-state index contributed by atoms with van der Waals surface area (Å²) in [6, 6.07) is 28.8. The van der Waals surface area contributed by atoms with Gasteiger partial charge in [-0.1, -0.05) is 72.8 Å². The topological polar surface area (TPSA) is 18.5 Å². The van der Waals surface area contributed by atoms with Crippen molar-refractivity contribution in [1.29, 1.82) is 0 Å². The van der Waals surface area contributed by atoms with Gasteiger partial charge in [0.2, 0.25) is 0 Å². The number of aryl methyl sites for hydroxylation is 2. The van der Waals surface area contributed by atoms with Gasteiger partial charge in [0.1, 0.15) is 0 Å². The monoisotopic (exact) mass is 458 g/mol. The molecule has 0 amide bonds. The number of benzene rings is 5. The summed E-state index contributed by atoms with van der Waals surface area (Å²) in [7, 11) is -0.370. The Hall–Kier alpha value is -3.14. The zero-order chi connectivity index (χ0) is 24.5. The van der Waals surface area contributed by atoms with E-state index in [0.29, 0.717) is 0 Å². The third-order valence-electron chi connectivity index (χ3n) is 8.17. The van der Waals surface area contributed by atoms with Gasteiger partial charge in [-0.3, -0.25) is 0 Å². The number of hydrogen-bond acceptors (Lipinski definition) is 2. The van der Waals surface area contributed by atoms with Gasteiger partial charge in [0, 0.05) is 0 Å². The van der Waals surface area contributed by atoms with Crippen LogP contribution in [0.15, 0.2) is 78.9 Å². The Kier molecular flexibility index (Phi) is 4.90. The molecule has 0 unspecified atom stereocenters. The minimum absolute atomic E-state index is 0.360. The van der Waals surface area contributed by atoms with Crippen molar-refractivity contribution in [2.75, 3.05) is 0 Å². The SMILES string of the molecule is Cc1ccc(B2OC(C)(C)C(C)(C)O2)cc1-c1cc2c3ccccc3c3ccccc3c2cc1C. The molecular weight excluding hydrogens is 427 g/mol. The van der Waals surface area contributed by atoms with Crippen molar-refractivity contribution in [2.45, 2.75) is 52.7 Å². The Morgan fingerprint density at radius 1 is 0.514 bits per heavy atom. The summed E-state index contributed by atoms with van der Waals surface area (Å²) in [4.78, 5) is 0. The van der Waals surface area contributed by atoms with E-state index in [1.807, 2.05) is 0 Å². The second-order valence-corrected chi connectivity index (χ2v) is 11.0. The van der Waals surface area contributed by atoms with Crippen LogP contribution in [0.4, 0.5) is 0 Å². The highest BCUT2D eigenvalue weighted by atomic mass is 16.7. The van der Waals surface area contributed by atoms with Crippen molar-refractivity contribution in [2.24, 2.45) is 0 Å². The van der Waals surface area contributed by atoms with Crippen LogP contribution < -0.4 is 5.46 Å².